The highest BCUT2D eigenvalue weighted by atomic mass is 35.5. The minimum atomic E-state index is -3.60. The molecule has 1 amide bonds. The fourth-order valence-corrected chi connectivity index (χ4v) is 6.44. The molecule has 7 nitrogen and oxygen atoms in total. The molecule has 10 heteroatoms. The normalized spacial score (nSPS) is 14.9. The Morgan fingerprint density at radius 3 is 2.63 bits per heavy atom. The number of amides is 1. The van der Waals surface area contributed by atoms with Crippen molar-refractivity contribution in [2.75, 3.05) is 50.0 Å². The molecule has 0 N–H and O–H groups in total. The molecule has 1 fully saturated rings. The Morgan fingerprint density at radius 2 is 1.91 bits per heavy atom. The highest BCUT2D eigenvalue weighted by Crippen LogP contribution is 2.30. The molecule has 0 unspecified atom stereocenters. The zero-order chi connectivity index (χ0) is 24.8. The number of halogens is 1. The summed E-state index contributed by atoms with van der Waals surface area (Å²) in [7, 11) is -3.60. The van der Waals surface area contributed by atoms with Gasteiger partial charge in [-0.1, -0.05) is 35.9 Å². The molecular weight excluding hydrogens is 506 g/mol. The largest absolute Gasteiger partial charge is 0.379 e. The van der Waals surface area contributed by atoms with Gasteiger partial charge in [-0.2, -0.15) is 0 Å². The van der Waals surface area contributed by atoms with Crippen LogP contribution in [-0.4, -0.2) is 69.4 Å². The maximum Gasteiger partial charge on any atom is 0.229 e. The molecule has 35 heavy (non-hydrogen) atoms. The van der Waals surface area contributed by atoms with Crippen LogP contribution in [0.5, 0.6) is 0 Å². The standard InChI is InChI=1S/C25H30ClN3O4S2/c1-2-19-4-9-22-23(18-19)34-25(27-22)29(12-3-11-28-13-15-33-16-14-28)24(30)10-17-35(31,32)21-7-5-20(26)6-8-21/h4-9,18H,2-3,10-17H2,1H3. The first kappa shape index (κ1) is 26.0. The van der Waals surface area contributed by atoms with Gasteiger partial charge in [-0.3, -0.25) is 14.6 Å². The maximum absolute atomic E-state index is 13.3. The van der Waals surface area contributed by atoms with Crippen molar-refractivity contribution in [3.05, 3.63) is 53.1 Å². The lowest BCUT2D eigenvalue weighted by Gasteiger charge is -2.27. The second kappa shape index (κ2) is 11.8. The predicted molar refractivity (Wildman–Crippen MR) is 141 cm³/mol. The third-order valence-electron chi connectivity index (χ3n) is 6.10. The van der Waals surface area contributed by atoms with Crippen molar-refractivity contribution in [3.63, 3.8) is 0 Å². The van der Waals surface area contributed by atoms with E-state index in [1.807, 2.05) is 6.07 Å². The lowest BCUT2D eigenvalue weighted by Crippen LogP contribution is -2.39. The summed E-state index contributed by atoms with van der Waals surface area (Å²) in [4.78, 5) is 22.2. The molecule has 0 radical (unpaired) electrons. The summed E-state index contributed by atoms with van der Waals surface area (Å²) in [5, 5.41) is 1.08. The summed E-state index contributed by atoms with van der Waals surface area (Å²) in [5.74, 6) is -0.502. The van der Waals surface area contributed by atoms with E-state index in [4.69, 9.17) is 21.3 Å². The number of hydrogen-bond acceptors (Lipinski definition) is 7. The number of hydrogen-bond donors (Lipinski definition) is 0. The van der Waals surface area contributed by atoms with Crippen LogP contribution >= 0.6 is 22.9 Å². The van der Waals surface area contributed by atoms with Gasteiger partial charge in [-0.15, -0.1) is 0 Å². The molecule has 0 bridgehead atoms. The van der Waals surface area contributed by atoms with Gasteiger partial charge in [0.25, 0.3) is 0 Å². The second-order valence-electron chi connectivity index (χ2n) is 8.53. The molecule has 0 spiro atoms. The molecule has 3 aromatic rings. The summed E-state index contributed by atoms with van der Waals surface area (Å²) in [5.41, 5.74) is 2.06. The van der Waals surface area contributed by atoms with Gasteiger partial charge in [0.15, 0.2) is 15.0 Å². The number of sulfone groups is 1. The minimum Gasteiger partial charge on any atom is -0.379 e. The van der Waals surface area contributed by atoms with E-state index < -0.39 is 9.84 Å². The van der Waals surface area contributed by atoms with Gasteiger partial charge < -0.3 is 4.74 Å². The third kappa shape index (κ3) is 6.80. The fraction of sp³-hybridized carbons (Fsp3) is 0.440. The number of aryl methyl sites for hydroxylation is 1. The monoisotopic (exact) mass is 535 g/mol. The summed E-state index contributed by atoms with van der Waals surface area (Å²) in [6.45, 7) is 6.65. The van der Waals surface area contributed by atoms with Gasteiger partial charge in [-0.25, -0.2) is 13.4 Å². The number of morpholine rings is 1. The van der Waals surface area contributed by atoms with Crippen LogP contribution in [0.3, 0.4) is 0 Å². The average Bonchev–Trinajstić information content (AvgIpc) is 3.29. The number of anilines is 1. The van der Waals surface area contributed by atoms with Crippen LogP contribution in [0.25, 0.3) is 10.2 Å². The van der Waals surface area contributed by atoms with Crippen molar-refractivity contribution in [1.82, 2.24) is 9.88 Å². The topological polar surface area (TPSA) is 79.8 Å². The number of carbonyl (C=O) groups is 1. The van der Waals surface area contributed by atoms with Gasteiger partial charge in [0.2, 0.25) is 5.91 Å². The summed E-state index contributed by atoms with van der Waals surface area (Å²) in [6, 6.07) is 12.2. The van der Waals surface area contributed by atoms with Crippen LogP contribution in [0.4, 0.5) is 5.13 Å². The first-order valence-electron chi connectivity index (χ1n) is 11.8. The first-order chi connectivity index (χ1) is 16.9. The SMILES string of the molecule is CCc1ccc2nc(N(CCCN3CCOCC3)C(=O)CCS(=O)(=O)c3ccc(Cl)cc3)sc2c1. The van der Waals surface area contributed by atoms with Crippen molar-refractivity contribution in [2.45, 2.75) is 31.1 Å². The van der Waals surface area contributed by atoms with E-state index in [9.17, 15) is 13.2 Å². The van der Waals surface area contributed by atoms with Gasteiger partial charge in [-0.05, 0) is 54.8 Å². The van der Waals surface area contributed by atoms with E-state index in [-0.39, 0.29) is 23.0 Å². The molecule has 0 atom stereocenters. The molecule has 1 aliphatic rings. The molecule has 2 heterocycles. The summed E-state index contributed by atoms with van der Waals surface area (Å²) < 4.78 is 32.0. The Labute approximate surface area is 215 Å². The van der Waals surface area contributed by atoms with E-state index in [1.54, 1.807) is 17.0 Å². The summed E-state index contributed by atoms with van der Waals surface area (Å²) >= 11 is 7.36. The van der Waals surface area contributed by atoms with Crippen molar-refractivity contribution in [1.29, 1.82) is 0 Å². The zero-order valence-electron chi connectivity index (χ0n) is 19.8. The quantitative estimate of drug-likeness (QED) is 0.382. The molecule has 0 saturated carbocycles. The van der Waals surface area contributed by atoms with E-state index in [0.29, 0.717) is 16.7 Å². The molecule has 2 aromatic carbocycles. The zero-order valence-corrected chi connectivity index (χ0v) is 22.2. The van der Waals surface area contributed by atoms with Crippen LogP contribution in [0.2, 0.25) is 5.02 Å². The molecule has 1 aromatic heterocycles. The lowest BCUT2D eigenvalue weighted by atomic mass is 10.2. The predicted octanol–water partition coefficient (Wildman–Crippen LogP) is 4.43. The van der Waals surface area contributed by atoms with Crippen LogP contribution in [0.15, 0.2) is 47.4 Å². The van der Waals surface area contributed by atoms with E-state index in [0.717, 1.165) is 55.9 Å². The Morgan fingerprint density at radius 1 is 1.17 bits per heavy atom. The number of benzene rings is 2. The molecule has 4 rings (SSSR count). The number of thiazole rings is 1. The van der Waals surface area contributed by atoms with Crippen LogP contribution in [0.1, 0.15) is 25.3 Å². The van der Waals surface area contributed by atoms with Crippen molar-refractivity contribution in [3.8, 4) is 0 Å². The van der Waals surface area contributed by atoms with Crippen LogP contribution in [-0.2, 0) is 25.8 Å². The number of ether oxygens (including phenoxy) is 1. The van der Waals surface area contributed by atoms with Crippen LogP contribution < -0.4 is 4.90 Å². The number of aromatic nitrogens is 1. The molecule has 1 saturated heterocycles. The number of rotatable bonds is 10. The van der Waals surface area contributed by atoms with Crippen molar-refractivity contribution in [2.24, 2.45) is 0 Å². The van der Waals surface area contributed by atoms with Gasteiger partial charge >= 0.3 is 0 Å². The van der Waals surface area contributed by atoms with Gasteiger partial charge in [0, 0.05) is 37.6 Å². The number of fused-ring (bicyclic) bond motifs is 1. The number of nitrogens with zero attached hydrogens (tertiary/aromatic N) is 3. The highest BCUT2D eigenvalue weighted by Gasteiger charge is 2.23. The first-order valence-corrected chi connectivity index (χ1v) is 14.7. The van der Waals surface area contributed by atoms with E-state index in [2.05, 4.69) is 24.0 Å². The molecule has 188 valence electrons. The molecular formula is C25H30ClN3O4S2. The Balaban J connectivity index is 1.49. The average molecular weight is 536 g/mol. The molecule has 1 aliphatic heterocycles. The smallest absolute Gasteiger partial charge is 0.229 e. The van der Waals surface area contributed by atoms with Crippen molar-refractivity contribution >= 4 is 54.0 Å². The van der Waals surface area contributed by atoms with E-state index >= 15 is 0 Å². The fourth-order valence-electron chi connectivity index (χ4n) is 4.01. The number of carbonyl (C=O) groups excluding carboxylic acids is 1. The van der Waals surface area contributed by atoms with Gasteiger partial charge in [0.1, 0.15) is 0 Å². The molecule has 0 aliphatic carbocycles. The Kier molecular flexibility index (Phi) is 8.77. The second-order valence-corrected chi connectivity index (χ2v) is 12.1. The van der Waals surface area contributed by atoms with Crippen LogP contribution in [0, 0.1) is 0 Å². The highest BCUT2D eigenvalue weighted by molar-refractivity contribution is 7.91. The lowest BCUT2D eigenvalue weighted by molar-refractivity contribution is -0.118. The summed E-state index contributed by atoms with van der Waals surface area (Å²) in [6.07, 6.45) is 1.58. The van der Waals surface area contributed by atoms with Gasteiger partial charge in [0.05, 0.1) is 34.1 Å². The maximum atomic E-state index is 13.3. The van der Waals surface area contributed by atoms with Crippen molar-refractivity contribution < 1.29 is 17.9 Å². The Bertz CT molecular complexity index is 1260. The third-order valence-corrected chi connectivity index (χ3v) is 9.12. The Hall–Kier alpha value is -2.04. The minimum absolute atomic E-state index is 0.112. The van der Waals surface area contributed by atoms with E-state index in [1.165, 1.54) is 29.0 Å².